The summed E-state index contributed by atoms with van der Waals surface area (Å²) in [5.74, 6) is 0.288. The number of aryl methyl sites for hydroxylation is 1. The van der Waals surface area contributed by atoms with Crippen LogP contribution >= 0.6 is 11.6 Å². The highest BCUT2D eigenvalue weighted by molar-refractivity contribution is 6.31. The third-order valence-electron chi connectivity index (χ3n) is 5.01. The minimum absolute atomic E-state index is 0.105. The van der Waals surface area contributed by atoms with E-state index in [4.69, 9.17) is 16.3 Å². The number of anilines is 1. The number of ketones is 1. The van der Waals surface area contributed by atoms with Crippen LogP contribution in [0.3, 0.4) is 0 Å². The highest BCUT2D eigenvalue weighted by atomic mass is 35.5. The van der Waals surface area contributed by atoms with Gasteiger partial charge in [-0.1, -0.05) is 35.9 Å². The van der Waals surface area contributed by atoms with Gasteiger partial charge in [0.1, 0.15) is 11.5 Å². The number of carbonyl (C=O) groups is 2. The molecule has 3 rings (SSSR count). The van der Waals surface area contributed by atoms with Gasteiger partial charge in [-0.05, 0) is 42.7 Å². The average molecular weight is 372 g/mol. The Morgan fingerprint density at radius 1 is 1.23 bits per heavy atom. The van der Waals surface area contributed by atoms with Gasteiger partial charge in [-0.2, -0.15) is 0 Å². The van der Waals surface area contributed by atoms with Crippen LogP contribution in [0.2, 0.25) is 5.02 Å². The van der Waals surface area contributed by atoms with Crippen molar-refractivity contribution in [3.8, 4) is 5.75 Å². The summed E-state index contributed by atoms with van der Waals surface area (Å²) >= 11 is 6.06. The SMILES string of the molecule is COc1ccc(Cl)cc1NC(=O)[C@@H]1CCC(=O)C[C@H]1c1ccccc1C. The van der Waals surface area contributed by atoms with E-state index in [2.05, 4.69) is 5.32 Å². The van der Waals surface area contributed by atoms with Crippen molar-refractivity contribution < 1.29 is 14.3 Å². The van der Waals surface area contributed by atoms with Crippen LogP contribution in [0.5, 0.6) is 5.75 Å². The fraction of sp³-hybridized carbons (Fsp3) is 0.333. The smallest absolute Gasteiger partial charge is 0.228 e. The fourth-order valence-corrected chi connectivity index (χ4v) is 3.83. The van der Waals surface area contributed by atoms with Gasteiger partial charge in [0.05, 0.1) is 12.8 Å². The lowest BCUT2D eigenvalue weighted by Crippen LogP contribution is -2.33. The van der Waals surface area contributed by atoms with Gasteiger partial charge in [-0.3, -0.25) is 9.59 Å². The Morgan fingerprint density at radius 2 is 2.00 bits per heavy atom. The molecule has 2 atom stereocenters. The van der Waals surface area contributed by atoms with Crippen molar-refractivity contribution >= 4 is 29.0 Å². The molecule has 0 aliphatic heterocycles. The molecule has 136 valence electrons. The quantitative estimate of drug-likeness (QED) is 0.843. The summed E-state index contributed by atoms with van der Waals surface area (Å²) in [4.78, 5) is 25.1. The van der Waals surface area contributed by atoms with Crippen LogP contribution in [-0.2, 0) is 9.59 Å². The first kappa shape index (κ1) is 18.5. The monoisotopic (exact) mass is 371 g/mol. The second-order valence-corrected chi connectivity index (χ2v) is 7.12. The number of nitrogens with one attached hydrogen (secondary N) is 1. The van der Waals surface area contributed by atoms with Crippen LogP contribution in [0.15, 0.2) is 42.5 Å². The lowest BCUT2D eigenvalue weighted by Gasteiger charge is -2.31. The maximum absolute atomic E-state index is 13.0. The maximum atomic E-state index is 13.0. The third-order valence-corrected chi connectivity index (χ3v) is 5.25. The molecule has 0 radical (unpaired) electrons. The molecule has 2 aromatic carbocycles. The Labute approximate surface area is 158 Å². The van der Waals surface area contributed by atoms with Crippen LogP contribution in [0.1, 0.15) is 36.3 Å². The van der Waals surface area contributed by atoms with Gasteiger partial charge in [0.25, 0.3) is 0 Å². The largest absolute Gasteiger partial charge is 0.495 e. The zero-order valence-corrected chi connectivity index (χ0v) is 15.7. The summed E-state index contributed by atoms with van der Waals surface area (Å²) in [7, 11) is 1.55. The zero-order chi connectivity index (χ0) is 18.7. The Balaban J connectivity index is 1.88. The second kappa shape index (κ2) is 7.92. The Kier molecular flexibility index (Phi) is 5.62. The summed E-state index contributed by atoms with van der Waals surface area (Å²) < 4.78 is 5.31. The van der Waals surface area contributed by atoms with Crippen molar-refractivity contribution in [1.29, 1.82) is 0 Å². The summed E-state index contributed by atoms with van der Waals surface area (Å²) in [6.07, 6.45) is 1.38. The molecular formula is C21H22ClNO3. The molecule has 0 heterocycles. The minimum atomic E-state index is -0.266. The highest BCUT2D eigenvalue weighted by Gasteiger charge is 2.36. The Bertz CT molecular complexity index is 834. The molecule has 4 nitrogen and oxygen atoms in total. The van der Waals surface area contributed by atoms with Gasteiger partial charge in [0.2, 0.25) is 5.91 Å². The molecule has 26 heavy (non-hydrogen) atoms. The maximum Gasteiger partial charge on any atom is 0.228 e. The van der Waals surface area contributed by atoms with E-state index in [1.165, 1.54) is 0 Å². The molecule has 1 aliphatic rings. The van der Waals surface area contributed by atoms with Gasteiger partial charge >= 0.3 is 0 Å². The lowest BCUT2D eigenvalue weighted by atomic mass is 9.73. The molecule has 0 unspecified atom stereocenters. The van der Waals surface area contributed by atoms with Crippen LogP contribution < -0.4 is 10.1 Å². The summed E-state index contributed by atoms with van der Waals surface area (Å²) in [5, 5.41) is 3.47. The molecule has 1 saturated carbocycles. The zero-order valence-electron chi connectivity index (χ0n) is 14.9. The first-order chi connectivity index (χ1) is 12.5. The van der Waals surface area contributed by atoms with E-state index < -0.39 is 0 Å². The van der Waals surface area contributed by atoms with E-state index >= 15 is 0 Å². The molecule has 2 aromatic rings. The molecule has 0 aromatic heterocycles. The molecule has 5 heteroatoms. The van der Waals surface area contributed by atoms with Crippen molar-refractivity contribution in [1.82, 2.24) is 0 Å². The number of carbonyl (C=O) groups excluding carboxylic acids is 2. The molecule has 1 N–H and O–H groups in total. The van der Waals surface area contributed by atoms with Crippen LogP contribution in [-0.4, -0.2) is 18.8 Å². The van der Waals surface area contributed by atoms with Gasteiger partial charge in [0, 0.05) is 29.7 Å². The van der Waals surface area contributed by atoms with Gasteiger partial charge in [-0.25, -0.2) is 0 Å². The minimum Gasteiger partial charge on any atom is -0.495 e. The van der Waals surface area contributed by atoms with Crippen LogP contribution in [0, 0.1) is 12.8 Å². The Hall–Kier alpha value is -2.33. The van der Waals surface area contributed by atoms with Gasteiger partial charge in [-0.15, -0.1) is 0 Å². The van der Waals surface area contributed by atoms with Crippen LogP contribution in [0.25, 0.3) is 0 Å². The number of amides is 1. The standard InChI is InChI=1S/C21H22ClNO3/c1-13-5-3-4-6-16(13)18-12-15(24)8-9-17(18)21(25)23-19-11-14(22)7-10-20(19)26-2/h3-7,10-11,17-18H,8-9,12H2,1-2H3,(H,23,25)/t17-,18+/m1/s1. The van der Waals surface area contributed by atoms with E-state index in [9.17, 15) is 9.59 Å². The number of halogens is 1. The summed E-state index contributed by atoms with van der Waals surface area (Å²) in [5.41, 5.74) is 2.72. The van der Waals surface area contributed by atoms with E-state index in [0.29, 0.717) is 35.7 Å². The van der Waals surface area contributed by atoms with Gasteiger partial charge < -0.3 is 10.1 Å². The highest BCUT2D eigenvalue weighted by Crippen LogP contribution is 2.39. The predicted molar refractivity (Wildman–Crippen MR) is 103 cm³/mol. The molecule has 0 spiro atoms. The van der Waals surface area contributed by atoms with Crippen molar-refractivity contribution in [2.45, 2.75) is 32.1 Å². The lowest BCUT2D eigenvalue weighted by molar-refractivity contribution is -0.126. The van der Waals surface area contributed by atoms with E-state index in [1.807, 2.05) is 31.2 Å². The van der Waals surface area contributed by atoms with E-state index in [-0.39, 0.29) is 23.5 Å². The van der Waals surface area contributed by atoms with Crippen molar-refractivity contribution in [2.75, 3.05) is 12.4 Å². The van der Waals surface area contributed by atoms with Crippen molar-refractivity contribution in [2.24, 2.45) is 5.92 Å². The second-order valence-electron chi connectivity index (χ2n) is 6.68. The van der Waals surface area contributed by atoms with Crippen molar-refractivity contribution in [3.05, 3.63) is 58.6 Å². The summed E-state index contributed by atoms with van der Waals surface area (Å²) in [6, 6.07) is 13.1. The number of rotatable bonds is 4. The molecule has 1 amide bonds. The first-order valence-electron chi connectivity index (χ1n) is 8.71. The van der Waals surface area contributed by atoms with E-state index in [1.54, 1.807) is 25.3 Å². The van der Waals surface area contributed by atoms with Crippen LogP contribution in [0.4, 0.5) is 5.69 Å². The molecule has 0 bridgehead atoms. The number of ether oxygens (including phenoxy) is 1. The third kappa shape index (κ3) is 3.91. The van der Waals surface area contributed by atoms with Gasteiger partial charge in [0.15, 0.2) is 0 Å². The predicted octanol–water partition coefficient (Wildman–Crippen LogP) is 4.75. The molecule has 0 saturated heterocycles. The molecule has 1 aliphatic carbocycles. The fourth-order valence-electron chi connectivity index (χ4n) is 3.65. The normalized spacial score (nSPS) is 19.9. The first-order valence-corrected chi connectivity index (χ1v) is 9.09. The van der Waals surface area contributed by atoms with E-state index in [0.717, 1.165) is 11.1 Å². The number of Topliss-reactive ketones (excluding diaryl/α,β-unsaturated/α-hetero) is 1. The number of hydrogen-bond acceptors (Lipinski definition) is 3. The molecular weight excluding hydrogens is 350 g/mol. The van der Waals surface area contributed by atoms with Crippen molar-refractivity contribution in [3.63, 3.8) is 0 Å². The number of hydrogen-bond donors (Lipinski definition) is 1. The summed E-state index contributed by atoms with van der Waals surface area (Å²) in [6.45, 7) is 2.02. The Morgan fingerprint density at radius 3 is 2.73 bits per heavy atom. The number of methoxy groups -OCH3 is 1. The molecule has 1 fully saturated rings. The topological polar surface area (TPSA) is 55.4 Å². The average Bonchev–Trinajstić information content (AvgIpc) is 2.62. The number of benzene rings is 2.